The van der Waals surface area contributed by atoms with E-state index in [0.717, 1.165) is 6.42 Å². The zero-order valence-corrected chi connectivity index (χ0v) is 5.26. The Balaban J connectivity index is 3.53. The van der Waals surface area contributed by atoms with Crippen LogP contribution in [-0.2, 0) is 9.53 Å². The number of hydrogen-bond donors (Lipinski definition) is 0. The lowest BCUT2D eigenvalue weighted by Crippen LogP contribution is -1.92. The first-order valence-corrected chi connectivity index (χ1v) is 2.64. The summed E-state index contributed by atoms with van der Waals surface area (Å²) in [5.41, 5.74) is 0. The fraction of sp³-hybridized carbons (Fsp3) is 0.286. The van der Waals surface area contributed by atoms with Crippen LogP contribution in [0.2, 0.25) is 0 Å². The molecule has 0 N–H and O–H groups in total. The second-order valence-corrected chi connectivity index (χ2v) is 1.35. The highest BCUT2D eigenvalue weighted by Gasteiger charge is 1.88. The topological polar surface area (TPSA) is 26.3 Å². The van der Waals surface area contributed by atoms with Crippen LogP contribution in [0.5, 0.6) is 0 Å². The first-order chi connectivity index (χ1) is 4.31. The second kappa shape index (κ2) is 4.92. The molecule has 0 aliphatic rings. The summed E-state index contributed by atoms with van der Waals surface area (Å²) in [6.07, 6.45) is 10.2. The number of ether oxygens (including phenoxy) is 1. The molecule has 9 heavy (non-hydrogen) atoms. The third kappa shape index (κ3) is 4.63. The fourth-order valence-corrected chi connectivity index (χ4v) is 0.306. The Hall–Kier alpha value is -1.23. The van der Waals surface area contributed by atoms with Crippen molar-refractivity contribution in [2.45, 2.75) is 13.3 Å². The summed E-state index contributed by atoms with van der Waals surface area (Å²) >= 11 is 0. The van der Waals surface area contributed by atoms with E-state index < -0.39 is 5.97 Å². The molecular weight excluding hydrogens is 116 g/mol. The lowest BCUT2D eigenvalue weighted by molar-refractivity contribution is -0.131. The molecule has 0 saturated heterocycles. The van der Waals surface area contributed by atoms with Crippen LogP contribution in [0.25, 0.3) is 0 Å². The number of esters is 1. The monoisotopic (exact) mass is 124 g/mol. The molecule has 0 radical (unpaired) electrons. The van der Waals surface area contributed by atoms with Gasteiger partial charge in [0.25, 0.3) is 0 Å². The number of terminal acetylenes is 1. The molecule has 2 nitrogen and oxygen atoms in total. The Morgan fingerprint density at radius 1 is 1.89 bits per heavy atom. The highest BCUT2D eigenvalue weighted by atomic mass is 16.5. The average Bonchev–Trinajstić information content (AvgIpc) is 1.85. The van der Waals surface area contributed by atoms with Crippen LogP contribution in [0.1, 0.15) is 13.3 Å². The molecule has 0 unspecified atom stereocenters. The molecule has 0 amide bonds. The first-order valence-electron chi connectivity index (χ1n) is 2.64. The summed E-state index contributed by atoms with van der Waals surface area (Å²) in [6.45, 7) is 1.92. The summed E-state index contributed by atoms with van der Waals surface area (Å²) in [6, 6.07) is 0. The Morgan fingerprint density at radius 2 is 2.56 bits per heavy atom. The maximum atomic E-state index is 10.4. The van der Waals surface area contributed by atoms with Crippen molar-refractivity contribution in [2.75, 3.05) is 0 Å². The first kappa shape index (κ1) is 7.77. The molecule has 0 fully saturated rings. The lowest BCUT2D eigenvalue weighted by atomic mass is 10.4. The van der Waals surface area contributed by atoms with Crippen molar-refractivity contribution < 1.29 is 9.53 Å². The minimum Gasteiger partial charge on any atom is -0.369 e. The molecule has 0 heterocycles. The van der Waals surface area contributed by atoms with Crippen molar-refractivity contribution in [1.29, 1.82) is 0 Å². The minimum atomic E-state index is -0.487. The second-order valence-electron chi connectivity index (χ2n) is 1.35. The van der Waals surface area contributed by atoms with Gasteiger partial charge in [0.2, 0.25) is 0 Å². The molecule has 0 bridgehead atoms. The highest BCUT2D eigenvalue weighted by molar-refractivity contribution is 5.82. The molecule has 0 aliphatic heterocycles. The van der Waals surface area contributed by atoms with Gasteiger partial charge in [-0.15, -0.1) is 0 Å². The SMILES string of the molecule is C#COC(=O)C=CCC. The van der Waals surface area contributed by atoms with Gasteiger partial charge in [0.15, 0.2) is 0 Å². The Morgan fingerprint density at radius 3 is 3.00 bits per heavy atom. The van der Waals surface area contributed by atoms with E-state index in [9.17, 15) is 4.79 Å². The summed E-state index contributed by atoms with van der Waals surface area (Å²) in [5.74, 6) is -0.487. The number of hydrogen-bond acceptors (Lipinski definition) is 2. The van der Waals surface area contributed by atoms with E-state index in [4.69, 9.17) is 0 Å². The van der Waals surface area contributed by atoms with Gasteiger partial charge in [0.1, 0.15) is 6.11 Å². The van der Waals surface area contributed by atoms with E-state index in [1.54, 1.807) is 12.2 Å². The molecule has 48 valence electrons. The minimum absolute atomic E-state index is 0.487. The standard InChI is InChI=1S/C7H8O2/c1-3-5-6-7(8)9-4-2/h2,5-6H,3H2,1H3. The summed E-state index contributed by atoms with van der Waals surface area (Å²) in [7, 11) is 0. The van der Waals surface area contributed by atoms with Crippen LogP contribution in [0.3, 0.4) is 0 Å². The largest absolute Gasteiger partial charge is 0.369 e. The molecular formula is C7H8O2. The van der Waals surface area contributed by atoms with E-state index in [-0.39, 0.29) is 0 Å². The smallest absolute Gasteiger partial charge is 0.344 e. The van der Waals surface area contributed by atoms with Gasteiger partial charge >= 0.3 is 5.97 Å². The third-order valence-corrected chi connectivity index (χ3v) is 0.649. The van der Waals surface area contributed by atoms with Crippen LogP contribution >= 0.6 is 0 Å². The average molecular weight is 124 g/mol. The Bertz CT molecular complexity index is 151. The number of carbonyl (C=O) groups is 1. The predicted molar refractivity (Wildman–Crippen MR) is 34.4 cm³/mol. The molecule has 0 aliphatic carbocycles. The maximum Gasteiger partial charge on any atom is 0.344 e. The van der Waals surface area contributed by atoms with Gasteiger partial charge in [-0.25, -0.2) is 4.79 Å². The van der Waals surface area contributed by atoms with Gasteiger partial charge in [-0.3, -0.25) is 0 Å². The van der Waals surface area contributed by atoms with E-state index in [2.05, 4.69) is 11.2 Å². The van der Waals surface area contributed by atoms with Gasteiger partial charge < -0.3 is 4.74 Å². The van der Waals surface area contributed by atoms with Gasteiger partial charge in [-0.2, -0.15) is 0 Å². The van der Waals surface area contributed by atoms with E-state index in [1.807, 2.05) is 6.92 Å². The van der Waals surface area contributed by atoms with Crippen LogP contribution in [-0.4, -0.2) is 5.97 Å². The van der Waals surface area contributed by atoms with E-state index in [0.29, 0.717) is 0 Å². The molecule has 0 aromatic heterocycles. The van der Waals surface area contributed by atoms with Crippen molar-refractivity contribution in [2.24, 2.45) is 0 Å². The van der Waals surface area contributed by atoms with Crippen LogP contribution < -0.4 is 0 Å². The molecule has 0 saturated carbocycles. The van der Waals surface area contributed by atoms with Crippen molar-refractivity contribution in [3.8, 4) is 12.5 Å². The highest BCUT2D eigenvalue weighted by Crippen LogP contribution is 1.82. The maximum absolute atomic E-state index is 10.4. The molecule has 0 aromatic rings. The van der Waals surface area contributed by atoms with E-state index in [1.165, 1.54) is 6.08 Å². The van der Waals surface area contributed by atoms with Crippen molar-refractivity contribution >= 4 is 5.97 Å². The van der Waals surface area contributed by atoms with Gasteiger partial charge in [-0.1, -0.05) is 19.4 Å². The van der Waals surface area contributed by atoms with Crippen molar-refractivity contribution in [1.82, 2.24) is 0 Å². The predicted octanol–water partition coefficient (Wildman–Crippen LogP) is 1.09. The van der Waals surface area contributed by atoms with Gasteiger partial charge in [0, 0.05) is 6.08 Å². The molecule has 0 atom stereocenters. The summed E-state index contributed by atoms with van der Waals surface area (Å²) < 4.78 is 4.15. The van der Waals surface area contributed by atoms with Crippen LogP contribution in [0, 0.1) is 12.5 Å². The molecule has 0 spiro atoms. The third-order valence-electron chi connectivity index (χ3n) is 0.649. The fourth-order valence-electron chi connectivity index (χ4n) is 0.306. The zero-order chi connectivity index (χ0) is 7.11. The van der Waals surface area contributed by atoms with Crippen LogP contribution in [0.4, 0.5) is 0 Å². The van der Waals surface area contributed by atoms with Crippen LogP contribution in [0.15, 0.2) is 12.2 Å². The lowest BCUT2D eigenvalue weighted by Gasteiger charge is -1.83. The molecule has 0 aromatic carbocycles. The van der Waals surface area contributed by atoms with Crippen molar-refractivity contribution in [3.63, 3.8) is 0 Å². The number of allylic oxidation sites excluding steroid dienone is 1. The molecule has 0 rings (SSSR count). The zero-order valence-electron chi connectivity index (χ0n) is 5.26. The normalized spacial score (nSPS) is 8.89. The van der Waals surface area contributed by atoms with E-state index >= 15 is 0 Å². The number of rotatable bonds is 2. The van der Waals surface area contributed by atoms with Gasteiger partial charge in [-0.05, 0) is 6.42 Å². The van der Waals surface area contributed by atoms with Crippen molar-refractivity contribution in [3.05, 3.63) is 12.2 Å². The summed E-state index contributed by atoms with van der Waals surface area (Å²) in [5, 5.41) is 0. The summed E-state index contributed by atoms with van der Waals surface area (Å²) in [4.78, 5) is 10.4. The van der Waals surface area contributed by atoms with Gasteiger partial charge in [0.05, 0.1) is 0 Å². The Labute approximate surface area is 54.5 Å². The quantitative estimate of drug-likeness (QED) is 0.313. The molecule has 2 heteroatoms. The Kier molecular flexibility index (Phi) is 4.25. The number of carbonyl (C=O) groups excluding carboxylic acids is 1.